The first-order valence-corrected chi connectivity index (χ1v) is 8.69. The molecule has 1 aromatic rings. The number of hydrogen-bond donors (Lipinski definition) is 1. The molecule has 110 valence electrons. The van der Waals surface area contributed by atoms with E-state index in [1.165, 1.54) is 44.1 Å². The second-order valence-corrected chi connectivity index (χ2v) is 7.29. The summed E-state index contributed by atoms with van der Waals surface area (Å²) in [5.41, 5.74) is 1.26. The molecule has 1 atom stereocenters. The maximum absolute atomic E-state index is 13.3. The molecule has 0 spiro atoms. The SMILES string of the molecule is Fc1ccc(CC(CNC2CC2)C2CCCC2)cc1Br. The van der Waals surface area contributed by atoms with E-state index in [1.54, 1.807) is 6.07 Å². The molecule has 0 bridgehead atoms. The van der Waals surface area contributed by atoms with Gasteiger partial charge in [0, 0.05) is 6.04 Å². The summed E-state index contributed by atoms with van der Waals surface area (Å²) < 4.78 is 13.9. The van der Waals surface area contributed by atoms with Gasteiger partial charge in [0.1, 0.15) is 5.82 Å². The molecule has 0 saturated heterocycles. The lowest BCUT2D eigenvalue weighted by Crippen LogP contribution is -2.30. The fraction of sp³-hybridized carbons (Fsp3) is 0.647. The Bertz CT molecular complexity index is 452. The van der Waals surface area contributed by atoms with Crippen LogP contribution in [0.3, 0.4) is 0 Å². The zero-order chi connectivity index (χ0) is 13.9. The lowest BCUT2D eigenvalue weighted by molar-refractivity contribution is 0.320. The molecule has 0 aliphatic heterocycles. The van der Waals surface area contributed by atoms with Crippen molar-refractivity contribution < 1.29 is 4.39 Å². The van der Waals surface area contributed by atoms with Gasteiger partial charge in [0.2, 0.25) is 0 Å². The molecule has 2 aliphatic rings. The van der Waals surface area contributed by atoms with Crippen LogP contribution in [0.4, 0.5) is 4.39 Å². The Morgan fingerprint density at radius 2 is 1.95 bits per heavy atom. The Balaban J connectivity index is 1.65. The van der Waals surface area contributed by atoms with Crippen LogP contribution < -0.4 is 5.32 Å². The molecule has 2 saturated carbocycles. The number of benzene rings is 1. The van der Waals surface area contributed by atoms with Crippen molar-refractivity contribution in [2.24, 2.45) is 11.8 Å². The van der Waals surface area contributed by atoms with Crippen molar-refractivity contribution in [1.82, 2.24) is 5.32 Å². The van der Waals surface area contributed by atoms with Gasteiger partial charge in [0.15, 0.2) is 0 Å². The van der Waals surface area contributed by atoms with Gasteiger partial charge >= 0.3 is 0 Å². The Hall–Kier alpha value is -0.410. The van der Waals surface area contributed by atoms with E-state index in [0.717, 1.165) is 24.9 Å². The minimum absolute atomic E-state index is 0.165. The summed E-state index contributed by atoms with van der Waals surface area (Å²) >= 11 is 3.30. The first-order valence-electron chi connectivity index (χ1n) is 7.89. The Kier molecular flexibility index (Phi) is 4.77. The van der Waals surface area contributed by atoms with Crippen molar-refractivity contribution in [3.8, 4) is 0 Å². The number of halogens is 2. The summed E-state index contributed by atoms with van der Waals surface area (Å²) in [5, 5.41) is 3.69. The highest BCUT2D eigenvalue weighted by Crippen LogP contribution is 2.34. The third-order valence-corrected chi connectivity index (χ3v) is 5.40. The molecule has 3 heteroatoms. The van der Waals surface area contributed by atoms with E-state index >= 15 is 0 Å². The van der Waals surface area contributed by atoms with E-state index in [9.17, 15) is 4.39 Å². The fourth-order valence-corrected chi connectivity index (χ4v) is 3.84. The lowest BCUT2D eigenvalue weighted by atomic mass is 9.85. The molecular weight excluding hydrogens is 317 g/mol. The Morgan fingerprint density at radius 3 is 2.60 bits per heavy atom. The van der Waals surface area contributed by atoms with Gasteiger partial charge in [-0.2, -0.15) is 0 Å². The van der Waals surface area contributed by atoms with Crippen LogP contribution in [0.5, 0.6) is 0 Å². The van der Waals surface area contributed by atoms with E-state index in [-0.39, 0.29) is 5.82 Å². The molecular formula is C17H23BrFN. The Morgan fingerprint density at radius 1 is 1.20 bits per heavy atom. The van der Waals surface area contributed by atoms with E-state index in [4.69, 9.17) is 0 Å². The van der Waals surface area contributed by atoms with Gasteiger partial charge in [-0.3, -0.25) is 0 Å². The third-order valence-electron chi connectivity index (χ3n) is 4.79. The highest BCUT2D eigenvalue weighted by molar-refractivity contribution is 9.10. The summed E-state index contributed by atoms with van der Waals surface area (Å²) in [6.07, 6.45) is 9.29. The quantitative estimate of drug-likeness (QED) is 0.792. The molecule has 20 heavy (non-hydrogen) atoms. The summed E-state index contributed by atoms with van der Waals surface area (Å²) in [6, 6.07) is 6.26. The van der Waals surface area contributed by atoms with E-state index in [2.05, 4.69) is 21.2 Å². The minimum atomic E-state index is -0.165. The van der Waals surface area contributed by atoms with Crippen molar-refractivity contribution in [3.05, 3.63) is 34.1 Å². The lowest BCUT2D eigenvalue weighted by Gasteiger charge is -2.24. The number of nitrogens with one attached hydrogen (secondary N) is 1. The van der Waals surface area contributed by atoms with Gasteiger partial charge in [0.05, 0.1) is 4.47 Å². The van der Waals surface area contributed by atoms with Gasteiger partial charge in [-0.1, -0.05) is 31.7 Å². The fourth-order valence-electron chi connectivity index (χ4n) is 3.41. The summed E-state index contributed by atoms with van der Waals surface area (Å²) in [6.45, 7) is 1.13. The first-order chi connectivity index (χ1) is 9.72. The number of rotatable bonds is 6. The molecule has 0 heterocycles. The van der Waals surface area contributed by atoms with Crippen LogP contribution in [0.25, 0.3) is 0 Å². The van der Waals surface area contributed by atoms with Crippen LogP contribution in [-0.2, 0) is 6.42 Å². The molecule has 1 nitrogen and oxygen atoms in total. The third kappa shape index (κ3) is 3.82. The molecule has 1 aromatic carbocycles. The molecule has 0 radical (unpaired) electrons. The summed E-state index contributed by atoms with van der Waals surface area (Å²) in [7, 11) is 0. The zero-order valence-electron chi connectivity index (χ0n) is 11.9. The van der Waals surface area contributed by atoms with E-state index in [0.29, 0.717) is 10.4 Å². The average molecular weight is 340 g/mol. The average Bonchev–Trinajstić information content (AvgIpc) is 3.10. The zero-order valence-corrected chi connectivity index (χ0v) is 13.5. The van der Waals surface area contributed by atoms with Crippen LogP contribution in [0.1, 0.15) is 44.1 Å². The minimum Gasteiger partial charge on any atom is -0.314 e. The van der Waals surface area contributed by atoms with Crippen molar-refractivity contribution in [2.75, 3.05) is 6.54 Å². The van der Waals surface area contributed by atoms with E-state index in [1.807, 2.05) is 12.1 Å². The number of hydrogen-bond acceptors (Lipinski definition) is 1. The highest BCUT2D eigenvalue weighted by Gasteiger charge is 2.28. The molecule has 0 amide bonds. The van der Waals surface area contributed by atoms with Gasteiger partial charge in [0.25, 0.3) is 0 Å². The maximum atomic E-state index is 13.3. The summed E-state index contributed by atoms with van der Waals surface area (Å²) in [5.74, 6) is 1.39. The van der Waals surface area contributed by atoms with Crippen LogP contribution in [0.2, 0.25) is 0 Å². The van der Waals surface area contributed by atoms with Gasteiger partial charge in [-0.05, 0) is 71.3 Å². The van der Waals surface area contributed by atoms with Gasteiger partial charge < -0.3 is 5.32 Å². The van der Waals surface area contributed by atoms with Crippen LogP contribution in [-0.4, -0.2) is 12.6 Å². The molecule has 1 N–H and O–H groups in total. The molecule has 3 rings (SSSR count). The van der Waals surface area contributed by atoms with E-state index < -0.39 is 0 Å². The van der Waals surface area contributed by atoms with Crippen molar-refractivity contribution in [3.63, 3.8) is 0 Å². The molecule has 2 aliphatic carbocycles. The topological polar surface area (TPSA) is 12.0 Å². The summed E-state index contributed by atoms with van der Waals surface area (Å²) in [4.78, 5) is 0. The Labute approximate surface area is 129 Å². The maximum Gasteiger partial charge on any atom is 0.137 e. The molecule has 2 fully saturated rings. The normalized spacial score (nSPS) is 21.3. The second-order valence-electron chi connectivity index (χ2n) is 6.44. The second kappa shape index (κ2) is 6.57. The highest BCUT2D eigenvalue weighted by atomic mass is 79.9. The van der Waals surface area contributed by atoms with Crippen molar-refractivity contribution in [2.45, 2.75) is 51.0 Å². The largest absolute Gasteiger partial charge is 0.314 e. The van der Waals surface area contributed by atoms with Crippen LogP contribution in [0, 0.1) is 17.7 Å². The first kappa shape index (κ1) is 14.5. The van der Waals surface area contributed by atoms with Crippen molar-refractivity contribution in [1.29, 1.82) is 0 Å². The smallest absolute Gasteiger partial charge is 0.137 e. The van der Waals surface area contributed by atoms with Crippen molar-refractivity contribution >= 4 is 15.9 Å². The van der Waals surface area contributed by atoms with Crippen LogP contribution >= 0.6 is 15.9 Å². The predicted octanol–water partition coefficient (Wildman–Crippen LogP) is 4.69. The van der Waals surface area contributed by atoms with Crippen LogP contribution in [0.15, 0.2) is 22.7 Å². The van der Waals surface area contributed by atoms with Gasteiger partial charge in [-0.15, -0.1) is 0 Å². The molecule has 0 aromatic heterocycles. The standard InChI is InChI=1S/C17H23BrFN/c18-16-10-12(5-8-17(16)19)9-14(11-20-15-6-7-15)13-3-1-2-4-13/h5,8,10,13-15,20H,1-4,6-7,9,11H2. The predicted molar refractivity (Wildman–Crippen MR) is 84.3 cm³/mol. The monoisotopic (exact) mass is 339 g/mol. The van der Waals surface area contributed by atoms with Gasteiger partial charge in [-0.25, -0.2) is 4.39 Å². The molecule has 1 unspecified atom stereocenters.